The number of Topliss-reactive ketones (excluding diaryl/α,β-unsaturated/α-hetero) is 1. The lowest BCUT2D eigenvalue weighted by molar-refractivity contribution is -0.341. The van der Waals surface area contributed by atoms with E-state index in [1.807, 2.05) is 0 Å². The van der Waals surface area contributed by atoms with Crippen LogP contribution in [0.3, 0.4) is 0 Å². The van der Waals surface area contributed by atoms with Crippen LogP contribution in [0.2, 0.25) is 20.1 Å². The number of fused-ring (bicyclic) bond motifs is 2. The highest BCUT2D eigenvalue weighted by Crippen LogP contribution is 2.47. The summed E-state index contributed by atoms with van der Waals surface area (Å²) in [7, 11) is 0. The number of amides is 2. The minimum Gasteiger partial charge on any atom is -0.457 e. The Kier molecular flexibility index (Phi) is 10.7. The maximum Gasteiger partial charge on any atom is 0.306 e. The van der Waals surface area contributed by atoms with E-state index in [1.165, 1.54) is 6.92 Å². The topological polar surface area (TPSA) is 142 Å². The number of carbonyl (C=O) groups excluding carboxylic acids is 4. The Labute approximate surface area is 296 Å². The van der Waals surface area contributed by atoms with Crippen LogP contribution in [0.5, 0.6) is 0 Å². The van der Waals surface area contributed by atoms with Crippen molar-refractivity contribution in [2.45, 2.75) is 60.5 Å². The van der Waals surface area contributed by atoms with Crippen LogP contribution in [-0.4, -0.2) is 75.4 Å². The van der Waals surface area contributed by atoms with Crippen molar-refractivity contribution in [2.24, 2.45) is 0 Å². The number of halogens is 7. The zero-order valence-electron chi connectivity index (χ0n) is 23.2. The molecule has 11 nitrogen and oxygen atoms in total. The van der Waals surface area contributed by atoms with Crippen molar-refractivity contribution in [1.29, 1.82) is 5.41 Å². The van der Waals surface area contributed by atoms with E-state index in [4.69, 9.17) is 110 Å². The summed E-state index contributed by atoms with van der Waals surface area (Å²) in [5.74, 6) is -4.20. The number of ketones is 1. The van der Waals surface area contributed by atoms with E-state index in [9.17, 15) is 19.2 Å². The van der Waals surface area contributed by atoms with Crippen LogP contribution in [0.25, 0.3) is 0 Å². The lowest BCUT2D eigenvalue weighted by Crippen LogP contribution is -2.69. The largest absolute Gasteiger partial charge is 0.457 e. The van der Waals surface area contributed by atoms with Gasteiger partial charge in [-0.25, -0.2) is 0 Å². The van der Waals surface area contributed by atoms with E-state index in [1.54, 1.807) is 30.3 Å². The minimum absolute atomic E-state index is 0.162. The molecule has 46 heavy (non-hydrogen) atoms. The number of nitrogens with zero attached hydrogens (tertiary/aromatic N) is 1. The third-order valence-electron chi connectivity index (χ3n) is 7.25. The highest BCUT2D eigenvalue weighted by Gasteiger charge is 2.60. The summed E-state index contributed by atoms with van der Waals surface area (Å²) in [6.07, 6.45) is -7.16. The standard InChI is InChI=1S/C28H21Cl7N2O9/c1-10(38)7-8-13(39)44-22-20(37-23(40)14-15(24(37)41)17(30)19(32)18(31)16(14)29)26(46-27(36)28(33,34)35)43-12-9-42-25(45-21(12)22)11-5-3-2-4-6-11/h2-6,12,20-22,25-26,36H,7-9H2,1H3/t12-,20-,21+,22-,25?,26+/m1/s1. The van der Waals surface area contributed by atoms with Gasteiger partial charge in [-0.3, -0.25) is 24.7 Å². The number of rotatable bonds is 7. The first-order valence-corrected chi connectivity index (χ1v) is 16.0. The average Bonchev–Trinajstić information content (AvgIpc) is 3.27. The molecule has 0 saturated carbocycles. The lowest BCUT2D eigenvalue weighted by Gasteiger charge is -2.50. The Morgan fingerprint density at radius 2 is 1.50 bits per heavy atom. The van der Waals surface area contributed by atoms with Crippen LogP contribution in [-0.2, 0) is 33.3 Å². The molecule has 2 fully saturated rings. The second-order valence-electron chi connectivity index (χ2n) is 10.3. The van der Waals surface area contributed by atoms with Gasteiger partial charge in [-0.1, -0.05) is 112 Å². The molecule has 0 spiro atoms. The van der Waals surface area contributed by atoms with Crippen molar-refractivity contribution < 1.29 is 42.9 Å². The van der Waals surface area contributed by atoms with Crippen LogP contribution >= 0.6 is 81.2 Å². The summed E-state index contributed by atoms with van der Waals surface area (Å²) in [4.78, 5) is 53.5. The highest BCUT2D eigenvalue weighted by atomic mass is 35.6. The molecule has 3 aliphatic heterocycles. The summed E-state index contributed by atoms with van der Waals surface area (Å²) in [5, 5.41) is 6.91. The van der Waals surface area contributed by atoms with Gasteiger partial charge < -0.3 is 28.5 Å². The van der Waals surface area contributed by atoms with E-state index in [0.717, 1.165) is 0 Å². The molecule has 2 saturated heterocycles. The Morgan fingerprint density at radius 3 is 2.04 bits per heavy atom. The fourth-order valence-corrected chi connectivity index (χ4v) is 6.30. The number of ether oxygens (including phenoxy) is 5. The molecule has 0 aromatic heterocycles. The van der Waals surface area contributed by atoms with Crippen molar-refractivity contribution in [2.75, 3.05) is 6.61 Å². The molecule has 2 aromatic carbocycles. The van der Waals surface area contributed by atoms with E-state index in [2.05, 4.69) is 0 Å². The summed E-state index contributed by atoms with van der Waals surface area (Å²) in [6.45, 7) is 1.13. The van der Waals surface area contributed by atoms with Crippen LogP contribution in [0.1, 0.15) is 52.3 Å². The summed E-state index contributed by atoms with van der Waals surface area (Å²) in [6, 6.07) is 7.03. The third-order valence-corrected chi connectivity index (χ3v) is 9.57. The first-order chi connectivity index (χ1) is 21.6. The molecule has 0 bridgehead atoms. The lowest BCUT2D eigenvalue weighted by atomic mass is 9.94. The van der Waals surface area contributed by atoms with Gasteiger partial charge in [0.05, 0.1) is 44.2 Å². The van der Waals surface area contributed by atoms with Gasteiger partial charge in [0.15, 0.2) is 12.4 Å². The second kappa shape index (κ2) is 13.9. The minimum atomic E-state index is -2.41. The van der Waals surface area contributed by atoms with Crippen molar-refractivity contribution in [1.82, 2.24) is 4.90 Å². The first-order valence-electron chi connectivity index (χ1n) is 13.3. The van der Waals surface area contributed by atoms with Crippen molar-refractivity contribution in [3.8, 4) is 0 Å². The first kappa shape index (κ1) is 35.4. The Hall–Kier alpha value is -1.90. The zero-order valence-corrected chi connectivity index (χ0v) is 28.5. The Morgan fingerprint density at radius 1 is 0.913 bits per heavy atom. The van der Waals surface area contributed by atoms with Gasteiger partial charge in [0, 0.05) is 12.0 Å². The van der Waals surface area contributed by atoms with Gasteiger partial charge in [-0.2, -0.15) is 0 Å². The quantitative estimate of drug-likeness (QED) is 0.0615. The van der Waals surface area contributed by atoms with Crippen molar-refractivity contribution in [3.63, 3.8) is 0 Å². The number of alkyl halides is 3. The third kappa shape index (κ3) is 6.82. The van der Waals surface area contributed by atoms with E-state index in [-0.39, 0.29) is 56.4 Å². The predicted molar refractivity (Wildman–Crippen MR) is 168 cm³/mol. The highest BCUT2D eigenvalue weighted by molar-refractivity contribution is 6.76. The molecule has 18 heteroatoms. The molecule has 5 rings (SSSR count). The van der Waals surface area contributed by atoms with Gasteiger partial charge in [0.1, 0.15) is 24.0 Å². The van der Waals surface area contributed by atoms with Crippen LogP contribution < -0.4 is 0 Å². The fourth-order valence-electron chi connectivity index (χ4n) is 5.15. The van der Waals surface area contributed by atoms with Crippen LogP contribution in [0.15, 0.2) is 30.3 Å². The van der Waals surface area contributed by atoms with E-state index < -0.39 is 64.4 Å². The molecule has 3 heterocycles. The Balaban J connectivity index is 1.63. The van der Waals surface area contributed by atoms with E-state index >= 15 is 0 Å². The predicted octanol–water partition coefficient (Wildman–Crippen LogP) is 6.75. The molecule has 246 valence electrons. The summed E-state index contributed by atoms with van der Waals surface area (Å²) >= 11 is 42.8. The number of carbonyl (C=O) groups is 4. The molecular weight excluding hydrogens is 756 g/mol. The monoisotopic (exact) mass is 774 g/mol. The molecule has 2 amide bonds. The zero-order chi connectivity index (χ0) is 33.7. The number of esters is 1. The number of hydrogen-bond acceptors (Lipinski definition) is 10. The van der Waals surface area contributed by atoms with Crippen LogP contribution in [0.4, 0.5) is 0 Å². The number of imide groups is 1. The molecule has 3 aliphatic rings. The molecule has 1 N–H and O–H groups in total. The molecule has 1 unspecified atom stereocenters. The fraction of sp³-hybridized carbons (Fsp3) is 0.393. The van der Waals surface area contributed by atoms with Crippen molar-refractivity contribution in [3.05, 3.63) is 67.1 Å². The maximum atomic E-state index is 14.0. The van der Waals surface area contributed by atoms with Crippen LogP contribution in [0, 0.1) is 5.41 Å². The smallest absolute Gasteiger partial charge is 0.306 e. The molecular formula is C28H21Cl7N2O9. The molecule has 6 atom stereocenters. The second-order valence-corrected chi connectivity index (χ2v) is 14.1. The summed E-state index contributed by atoms with van der Waals surface area (Å²) in [5.41, 5.74) is -0.181. The van der Waals surface area contributed by atoms with Gasteiger partial charge >= 0.3 is 5.97 Å². The molecule has 0 aliphatic carbocycles. The maximum absolute atomic E-state index is 14.0. The van der Waals surface area contributed by atoms with Gasteiger partial charge in [0.2, 0.25) is 12.2 Å². The average molecular weight is 778 g/mol. The molecule has 2 aromatic rings. The number of hydrogen-bond donors (Lipinski definition) is 1. The van der Waals surface area contributed by atoms with E-state index in [0.29, 0.717) is 10.5 Å². The SMILES string of the molecule is CC(=O)CCC(=O)O[C@H]1[C@H]2OC(c3ccccc3)OC[C@H]2O[C@@H](OC(=N)C(Cl)(Cl)Cl)[C@@H]1N1C(=O)c2c(Cl)c(Cl)c(Cl)c(Cl)c2C1=O. The normalized spacial score (nSPS) is 26.0. The van der Waals surface area contributed by atoms with Gasteiger partial charge in [-0.05, 0) is 6.92 Å². The summed E-state index contributed by atoms with van der Waals surface area (Å²) < 4.78 is 27.2. The number of nitrogens with one attached hydrogen (secondary N) is 1. The Bertz CT molecular complexity index is 1560. The van der Waals surface area contributed by atoms with Gasteiger partial charge in [0.25, 0.3) is 15.6 Å². The van der Waals surface area contributed by atoms with Gasteiger partial charge in [-0.15, -0.1) is 0 Å². The molecule has 0 radical (unpaired) electrons. The van der Waals surface area contributed by atoms with Crippen molar-refractivity contribution >= 4 is 111 Å². The number of benzene rings is 2.